The lowest BCUT2D eigenvalue weighted by molar-refractivity contribution is 0.678. The minimum atomic E-state index is -0.782. The van der Waals surface area contributed by atoms with Crippen molar-refractivity contribution in [3.05, 3.63) is 24.3 Å². The molecule has 2 unspecified atom stereocenters. The van der Waals surface area contributed by atoms with Crippen molar-refractivity contribution >= 4 is 33.5 Å². The van der Waals surface area contributed by atoms with E-state index >= 15 is 0 Å². The molecule has 2 aromatic rings. The highest BCUT2D eigenvalue weighted by molar-refractivity contribution is 7.84. The summed E-state index contributed by atoms with van der Waals surface area (Å²) in [6.45, 7) is 2.04. The topological polar surface area (TPSA) is 92.9 Å². The third-order valence-electron chi connectivity index (χ3n) is 2.95. The molecule has 6 nitrogen and oxygen atoms in total. The number of nitrogen functional groups attached to an aromatic ring is 1. The maximum absolute atomic E-state index is 11.1. The first-order chi connectivity index (χ1) is 9.60. The Hall–Kier alpha value is -1.73. The van der Waals surface area contributed by atoms with Crippen LogP contribution in [0.5, 0.6) is 0 Å². The molecule has 0 amide bonds. The van der Waals surface area contributed by atoms with Crippen LogP contribution in [0.3, 0.4) is 0 Å². The van der Waals surface area contributed by atoms with Gasteiger partial charge in [-0.2, -0.15) is 4.98 Å². The van der Waals surface area contributed by atoms with Crippen LogP contribution in [0.25, 0.3) is 10.9 Å². The number of aromatic nitrogens is 2. The van der Waals surface area contributed by atoms with Gasteiger partial charge in [0, 0.05) is 34.2 Å². The smallest absolute Gasteiger partial charge is 0.239 e. The standard InChI is InChI=1S/C13H19N5OS/c1-9(7-8-20(2)19)15-12-10-5-3-4-6-11(10)16-13(17-12)18-14/h3-6,9H,7-8,14H2,1-2H3,(H2,15,16,17,18). The molecule has 2 rings (SSSR count). The molecule has 0 bridgehead atoms. The minimum Gasteiger partial charge on any atom is -0.367 e. The predicted molar refractivity (Wildman–Crippen MR) is 84.0 cm³/mol. The van der Waals surface area contributed by atoms with Crippen LogP contribution in [-0.2, 0) is 10.8 Å². The molecule has 0 radical (unpaired) electrons. The molecule has 0 aliphatic rings. The molecule has 0 spiro atoms. The first-order valence-corrected chi connectivity index (χ1v) is 8.13. The summed E-state index contributed by atoms with van der Waals surface area (Å²) in [6.07, 6.45) is 2.52. The zero-order chi connectivity index (χ0) is 14.5. The highest BCUT2D eigenvalue weighted by atomic mass is 32.2. The molecule has 4 N–H and O–H groups in total. The molecule has 2 atom stereocenters. The van der Waals surface area contributed by atoms with Crippen LogP contribution < -0.4 is 16.6 Å². The van der Waals surface area contributed by atoms with E-state index in [2.05, 4.69) is 20.7 Å². The lowest BCUT2D eigenvalue weighted by Gasteiger charge is -2.16. The fourth-order valence-corrected chi connectivity index (χ4v) is 2.58. The summed E-state index contributed by atoms with van der Waals surface area (Å²) in [5, 5.41) is 4.27. The first-order valence-electron chi connectivity index (χ1n) is 6.40. The Balaban J connectivity index is 2.25. The molecule has 7 heteroatoms. The van der Waals surface area contributed by atoms with Gasteiger partial charge in [-0.25, -0.2) is 10.8 Å². The molecule has 0 saturated carbocycles. The van der Waals surface area contributed by atoms with Gasteiger partial charge < -0.3 is 5.32 Å². The Bertz CT molecular complexity index is 619. The van der Waals surface area contributed by atoms with Crippen LogP contribution >= 0.6 is 0 Å². The van der Waals surface area contributed by atoms with Gasteiger partial charge in [-0.15, -0.1) is 0 Å². The zero-order valence-corrected chi connectivity index (χ0v) is 12.4. The van der Waals surface area contributed by atoms with Gasteiger partial charge in [0.15, 0.2) is 0 Å². The summed E-state index contributed by atoms with van der Waals surface area (Å²) in [4.78, 5) is 8.65. The summed E-state index contributed by atoms with van der Waals surface area (Å²) >= 11 is 0. The maximum atomic E-state index is 11.1. The monoisotopic (exact) mass is 293 g/mol. The van der Waals surface area contributed by atoms with Gasteiger partial charge in [0.05, 0.1) is 5.52 Å². The molecule has 20 heavy (non-hydrogen) atoms. The van der Waals surface area contributed by atoms with Crippen molar-refractivity contribution < 1.29 is 4.21 Å². The third-order valence-corrected chi connectivity index (χ3v) is 3.76. The maximum Gasteiger partial charge on any atom is 0.239 e. The number of rotatable bonds is 6. The Morgan fingerprint density at radius 2 is 2.10 bits per heavy atom. The second kappa shape index (κ2) is 6.62. The predicted octanol–water partition coefficient (Wildman–Crippen LogP) is 1.48. The van der Waals surface area contributed by atoms with Crippen molar-refractivity contribution in [3.8, 4) is 0 Å². The molecule has 0 aliphatic heterocycles. The Morgan fingerprint density at radius 3 is 2.80 bits per heavy atom. The summed E-state index contributed by atoms with van der Waals surface area (Å²) in [5.74, 6) is 7.17. The van der Waals surface area contributed by atoms with Crippen LogP contribution in [0.15, 0.2) is 24.3 Å². The Morgan fingerprint density at radius 1 is 1.35 bits per heavy atom. The van der Waals surface area contributed by atoms with E-state index in [1.54, 1.807) is 6.26 Å². The third kappa shape index (κ3) is 3.64. The van der Waals surface area contributed by atoms with Crippen LogP contribution in [-0.4, -0.2) is 32.2 Å². The Labute approximate surface area is 120 Å². The number of anilines is 2. The summed E-state index contributed by atoms with van der Waals surface area (Å²) in [7, 11) is -0.782. The number of hydrazine groups is 1. The molecule has 1 aromatic heterocycles. The van der Waals surface area contributed by atoms with Crippen LogP contribution in [0.2, 0.25) is 0 Å². The van der Waals surface area contributed by atoms with E-state index in [9.17, 15) is 4.21 Å². The number of nitrogens with one attached hydrogen (secondary N) is 2. The van der Waals surface area contributed by atoms with Crippen molar-refractivity contribution in [1.82, 2.24) is 9.97 Å². The average molecular weight is 293 g/mol. The number of nitrogens with zero attached hydrogens (tertiary/aromatic N) is 2. The highest BCUT2D eigenvalue weighted by Gasteiger charge is 2.10. The largest absolute Gasteiger partial charge is 0.367 e. The van der Waals surface area contributed by atoms with Crippen molar-refractivity contribution in [3.63, 3.8) is 0 Å². The number of fused-ring (bicyclic) bond motifs is 1. The van der Waals surface area contributed by atoms with Gasteiger partial charge in [0.25, 0.3) is 0 Å². The molecule has 0 fully saturated rings. The molecule has 108 valence electrons. The van der Waals surface area contributed by atoms with Crippen molar-refractivity contribution in [2.24, 2.45) is 5.84 Å². The fraction of sp³-hybridized carbons (Fsp3) is 0.385. The molecular formula is C13H19N5OS. The van der Waals surface area contributed by atoms with Gasteiger partial charge in [-0.3, -0.25) is 9.63 Å². The Kier molecular flexibility index (Phi) is 4.86. The second-order valence-corrected chi connectivity index (χ2v) is 6.22. The average Bonchev–Trinajstić information content (AvgIpc) is 2.45. The van der Waals surface area contributed by atoms with E-state index in [0.29, 0.717) is 11.7 Å². The highest BCUT2D eigenvalue weighted by Crippen LogP contribution is 2.22. The van der Waals surface area contributed by atoms with Gasteiger partial charge in [-0.1, -0.05) is 12.1 Å². The van der Waals surface area contributed by atoms with Crippen molar-refractivity contribution in [1.29, 1.82) is 0 Å². The first kappa shape index (κ1) is 14.7. The van der Waals surface area contributed by atoms with Gasteiger partial charge in [0.1, 0.15) is 5.82 Å². The van der Waals surface area contributed by atoms with E-state index < -0.39 is 10.8 Å². The van der Waals surface area contributed by atoms with Crippen LogP contribution in [0.4, 0.5) is 11.8 Å². The molecule has 0 aliphatic carbocycles. The number of benzene rings is 1. The second-order valence-electron chi connectivity index (χ2n) is 4.67. The number of hydrogen-bond acceptors (Lipinski definition) is 6. The number of hydrogen-bond donors (Lipinski definition) is 3. The van der Waals surface area contributed by atoms with Crippen molar-refractivity contribution in [2.45, 2.75) is 19.4 Å². The summed E-state index contributed by atoms with van der Waals surface area (Å²) in [5.41, 5.74) is 3.30. The normalized spacial score (nSPS) is 13.9. The summed E-state index contributed by atoms with van der Waals surface area (Å²) < 4.78 is 11.1. The molecule has 1 aromatic carbocycles. The van der Waals surface area contributed by atoms with E-state index in [4.69, 9.17) is 5.84 Å². The molecular weight excluding hydrogens is 274 g/mol. The van der Waals surface area contributed by atoms with Gasteiger partial charge in [-0.05, 0) is 25.5 Å². The molecule has 1 heterocycles. The minimum absolute atomic E-state index is 0.169. The SMILES string of the molecule is CC(CCS(C)=O)Nc1nc(NN)nc2ccccc12. The molecule has 0 saturated heterocycles. The van der Waals surface area contributed by atoms with Gasteiger partial charge in [0.2, 0.25) is 5.95 Å². The van der Waals surface area contributed by atoms with Gasteiger partial charge >= 0.3 is 0 Å². The van der Waals surface area contributed by atoms with Crippen molar-refractivity contribution in [2.75, 3.05) is 22.8 Å². The lowest BCUT2D eigenvalue weighted by Crippen LogP contribution is -2.20. The quantitative estimate of drug-likeness (QED) is 0.552. The lowest BCUT2D eigenvalue weighted by atomic mass is 10.2. The fourth-order valence-electron chi connectivity index (χ4n) is 1.90. The van der Waals surface area contributed by atoms with Crippen LogP contribution in [0, 0.1) is 0 Å². The van der Waals surface area contributed by atoms with E-state index in [-0.39, 0.29) is 6.04 Å². The van der Waals surface area contributed by atoms with E-state index in [1.807, 2.05) is 31.2 Å². The van der Waals surface area contributed by atoms with E-state index in [1.165, 1.54) is 0 Å². The number of nitrogens with two attached hydrogens (primary N) is 1. The summed E-state index contributed by atoms with van der Waals surface area (Å²) in [6, 6.07) is 7.90. The number of para-hydroxylation sites is 1. The zero-order valence-electron chi connectivity index (χ0n) is 11.6. The van der Waals surface area contributed by atoms with E-state index in [0.717, 1.165) is 23.1 Å². The van der Waals surface area contributed by atoms with Crippen LogP contribution in [0.1, 0.15) is 13.3 Å².